The summed E-state index contributed by atoms with van der Waals surface area (Å²) in [6, 6.07) is 12.3. The van der Waals surface area contributed by atoms with Crippen molar-refractivity contribution in [1.29, 1.82) is 0 Å². The zero-order valence-electron chi connectivity index (χ0n) is 11.4. The monoisotopic (exact) mass is 287 g/mol. The molecule has 2 rings (SSSR count). The molecule has 0 fully saturated rings. The van der Waals surface area contributed by atoms with Gasteiger partial charge in [-0.3, -0.25) is 4.79 Å². The number of carbonyl (C=O) groups excluding carboxylic acids is 2. The average molecular weight is 287 g/mol. The number of carbonyl (C=O) groups is 2. The summed E-state index contributed by atoms with van der Waals surface area (Å²) in [5, 5.41) is 2.62. The number of rotatable bonds is 4. The molecule has 0 unspecified atom stereocenters. The molecule has 2 aromatic carbocycles. The second kappa shape index (κ2) is 6.65. The Balaban J connectivity index is 2.01. The highest BCUT2D eigenvalue weighted by Crippen LogP contribution is 2.08. The van der Waals surface area contributed by atoms with E-state index in [1.165, 1.54) is 37.4 Å². The first-order valence-corrected chi connectivity index (χ1v) is 6.32. The summed E-state index contributed by atoms with van der Waals surface area (Å²) in [5.41, 5.74) is 1.17. The molecule has 21 heavy (non-hydrogen) atoms. The van der Waals surface area contributed by atoms with Crippen LogP contribution in [0.2, 0.25) is 0 Å². The van der Waals surface area contributed by atoms with Gasteiger partial charge in [-0.2, -0.15) is 0 Å². The predicted molar refractivity (Wildman–Crippen MR) is 75.4 cm³/mol. The van der Waals surface area contributed by atoms with Crippen LogP contribution < -0.4 is 5.32 Å². The summed E-state index contributed by atoms with van der Waals surface area (Å²) in [5.74, 6) is -1.16. The van der Waals surface area contributed by atoms with E-state index in [0.29, 0.717) is 16.7 Å². The third-order valence-corrected chi connectivity index (χ3v) is 2.97. The standard InChI is InChI=1S/C16H14FNO3/c1-21-16(20)12-8-6-11(7-9-12)15(19)18-10-13-4-2-3-5-14(13)17/h2-9H,10H2,1H3,(H,18,19). The van der Waals surface area contributed by atoms with Crippen molar-refractivity contribution < 1.29 is 18.7 Å². The molecule has 4 nitrogen and oxygen atoms in total. The number of ether oxygens (including phenoxy) is 1. The molecule has 1 amide bonds. The van der Waals surface area contributed by atoms with Crippen LogP contribution in [-0.2, 0) is 11.3 Å². The van der Waals surface area contributed by atoms with E-state index < -0.39 is 5.97 Å². The zero-order valence-corrected chi connectivity index (χ0v) is 11.4. The number of nitrogens with one attached hydrogen (secondary N) is 1. The van der Waals surface area contributed by atoms with Gasteiger partial charge in [-0.25, -0.2) is 9.18 Å². The maximum atomic E-state index is 13.4. The van der Waals surface area contributed by atoms with Crippen LogP contribution in [0.3, 0.4) is 0 Å². The van der Waals surface area contributed by atoms with Gasteiger partial charge in [0.1, 0.15) is 5.82 Å². The maximum absolute atomic E-state index is 13.4. The van der Waals surface area contributed by atoms with E-state index in [-0.39, 0.29) is 18.3 Å². The summed E-state index contributed by atoms with van der Waals surface area (Å²) >= 11 is 0. The molecule has 0 heterocycles. The Hall–Kier alpha value is -2.69. The summed E-state index contributed by atoms with van der Waals surface area (Å²) in [6.07, 6.45) is 0. The van der Waals surface area contributed by atoms with Gasteiger partial charge in [-0.15, -0.1) is 0 Å². The second-order valence-electron chi connectivity index (χ2n) is 4.34. The van der Waals surface area contributed by atoms with Crippen molar-refractivity contribution in [2.75, 3.05) is 7.11 Å². The lowest BCUT2D eigenvalue weighted by atomic mass is 10.1. The van der Waals surface area contributed by atoms with E-state index in [1.54, 1.807) is 18.2 Å². The summed E-state index contributed by atoms with van der Waals surface area (Å²) in [4.78, 5) is 23.2. The number of hydrogen-bond donors (Lipinski definition) is 1. The van der Waals surface area contributed by atoms with Gasteiger partial charge in [-0.1, -0.05) is 18.2 Å². The number of halogens is 1. The summed E-state index contributed by atoms with van der Waals surface area (Å²) in [6.45, 7) is 0.101. The van der Waals surface area contributed by atoms with Crippen molar-refractivity contribution in [2.24, 2.45) is 0 Å². The van der Waals surface area contributed by atoms with E-state index in [9.17, 15) is 14.0 Å². The first-order chi connectivity index (χ1) is 10.1. The van der Waals surface area contributed by atoms with Crippen LogP contribution in [0.25, 0.3) is 0 Å². The van der Waals surface area contributed by atoms with Crippen LogP contribution in [-0.4, -0.2) is 19.0 Å². The van der Waals surface area contributed by atoms with Gasteiger partial charge < -0.3 is 10.1 Å². The van der Waals surface area contributed by atoms with Crippen LogP contribution in [0.4, 0.5) is 4.39 Å². The predicted octanol–water partition coefficient (Wildman–Crippen LogP) is 2.54. The van der Waals surface area contributed by atoms with E-state index in [2.05, 4.69) is 10.1 Å². The Morgan fingerprint density at radius 3 is 2.29 bits per heavy atom. The Bertz CT molecular complexity index is 653. The number of benzene rings is 2. The second-order valence-corrected chi connectivity index (χ2v) is 4.34. The van der Waals surface area contributed by atoms with E-state index in [1.807, 2.05) is 0 Å². The first kappa shape index (κ1) is 14.7. The third-order valence-electron chi connectivity index (χ3n) is 2.97. The topological polar surface area (TPSA) is 55.4 Å². The largest absolute Gasteiger partial charge is 0.465 e. The Morgan fingerprint density at radius 2 is 1.67 bits per heavy atom. The lowest BCUT2D eigenvalue weighted by Crippen LogP contribution is -2.23. The molecule has 0 bridgehead atoms. The van der Waals surface area contributed by atoms with Crippen molar-refractivity contribution in [3.05, 3.63) is 71.0 Å². The van der Waals surface area contributed by atoms with Crippen molar-refractivity contribution >= 4 is 11.9 Å². The molecule has 0 aromatic heterocycles. The lowest BCUT2D eigenvalue weighted by Gasteiger charge is -2.07. The van der Waals surface area contributed by atoms with Crippen molar-refractivity contribution in [3.8, 4) is 0 Å². The Kier molecular flexibility index (Phi) is 4.66. The molecule has 0 spiro atoms. The van der Waals surface area contributed by atoms with E-state index in [4.69, 9.17) is 0 Å². The molecule has 0 aliphatic heterocycles. The molecule has 2 aromatic rings. The number of esters is 1. The fourth-order valence-electron chi connectivity index (χ4n) is 1.79. The highest BCUT2D eigenvalue weighted by atomic mass is 19.1. The van der Waals surface area contributed by atoms with E-state index >= 15 is 0 Å². The lowest BCUT2D eigenvalue weighted by molar-refractivity contribution is 0.0600. The fourth-order valence-corrected chi connectivity index (χ4v) is 1.79. The van der Waals surface area contributed by atoms with Gasteiger partial charge in [0.2, 0.25) is 0 Å². The zero-order chi connectivity index (χ0) is 15.2. The first-order valence-electron chi connectivity index (χ1n) is 6.32. The molecule has 5 heteroatoms. The normalized spacial score (nSPS) is 10.0. The summed E-state index contributed by atoms with van der Waals surface area (Å²) in [7, 11) is 1.29. The van der Waals surface area contributed by atoms with Crippen LogP contribution >= 0.6 is 0 Å². The molecule has 0 radical (unpaired) electrons. The quantitative estimate of drug-likeness (QED) is 0.879. The molecule has 0 atom stereocenters. The SMILES string of the molecule is COC(=O)c1ccc(C(=O)NCc2ccccc2F)cc1. The van der Waals surface area contributed by atoms with E-state index in [0.717, 1.165) is 0 Å². The van der Waals surface area contributed by atoms with Gasteiger partial charge in [0, 0.05) is 17.7 Å². The minimum atomic E-state index is -0.465. The van der Waals surface area contributed by atoms with Gasteiger partial charge in [0.25, 0.3) is 5.91 Å². The number of amides is 1. The van der Waals surface area contributed by atoms with Crippen molar-refractivity contribution in [3.63, 3.8) is 0 Å². The summed E-state index contributed by atoms with van der Waals surface area (Å²) < 4.78 is 18.0. The molecule has 0 aliphatic carbocycles. The van der Waals surface area contributed by atoms with Crippen molar-refractivity contribution in [2.45, 2.75) is 6.54 Å². The minimum Gasteiger partial charge on any atom is -0.465 e. The highest BCUT2D eigenvalue weighted by Gasteiger charge is 2.09. The molecule has 1 N–H and O–H groups in total. The van der Waals surface area contributed by atoms with Gasteiger partial charge in [0.15, 0.2) is 0 Å². The van der Waals surface area contributed by atoms with Crippen molar-refractivity contribution in [1.82, 2.24) is 5.32 Å². The van der Waals surface area contributed by atoms with Crippen LogP contribution in [0.1, 0.15) is 26.3 Å². The van der Waals surface area contributed by atoms with Gasteiger partial charge >= 0.3 is 5.97 Å². The minimum absolute atomic E-state index is 0.101. The molecule has 108 valence electrons. The molecule has 0 saturated carbocycles. The maximum Gasteiger partial charge on any atom is 0.337 e. The third kappa shape index (κ3) is 3.66. The molecular formula is C16H14FNO3. The smallest absolute Gasteiger partial charge is 0.337 e. The Labute approximate surface area is 121 Å². The highest BCUT2D eigenvalue weighted by molar-refractivity contribution is 5.96. The number of methoxy groups -OCH3 is 1. The molecular weight excluding hydrogens is 273 g/mol. The molecule has 0 saturated heterocycles. The van der Waals surface area contributed by atoms with Crippen LogP contribution in [0.5, 0.6) is 0 Å². The van der Waals surface area contributed by atoms with Gasteiger partial charge in [-0.05, 0) is 30.3 Å². The van der Waals surface area contributed by atoms with Crippen LogP contribution in [0.15, 0.2) is 48.5 Å². The Morgan fingerprint density at radius 1 is 1.05 bits per heavy atom. The van der Waals surface area contributed by atoms with Gasteiger partial charge in [0.05, 0.1) is 12.7 Å². The fraction of sp³-hybridized carbons (Fsp3) is 0.125. The number of hydrogen-bond acceptors (Lipinski definition) is 3. The van der Waals surface area contributed by atoms with Crippen LogP contribution in [0, 0.1) is 5.82 Å². The molecule has 0 aliphatic rings. The average Bonchev–Trinajstić information content (AvgIpc) is 2.53.